The van der Waals surface area contributed by atoms with Crippen molar-refractivity contribution in [1.29, 1.82) is 0 Å². The average Bonchev–Trinajstić information content (AvgIpc) is 2.32. The SMILES string of the molecule is CCS(O)(O)C1=CC=CC=CC1. The van der Waals surface area contributed by atoms with Crippen molar-refractivity contribution in [2.45, 2.75) is 13.3 Å². The Morgan fingerprint density at radius 2 is 2.08 bits per heavy atom. The lowest BCUT2D eigenvalue weighted by Gasteiger charge is -2.32. The van der Waals surface area contributed by atoms with E-state index in [1.807, 2.05) is 24.3 Å². The summed E-state index contributed by atoms with van der Waals surface area (Å²) in [5, 5.41) is 0. The van der Waals surface area contributed by atoms with Crippen LogP contribution < -0.4 is 0 Å². The molecule has 0 spiro atoms. The summed E-state index contributed by atoms with van der Waals surface area (Å²) in [4.78, 5) is 0.731. The highest BCUT2D eigenvalue weighted by Crippen LogP contribution is 2.48. The minimum atomic E-state index is -2.49. The number of rotatable bonds is 2. The van der Waals surface area contributed by atoms with Gasteiger partial charge in [0.25, 0.3) is 0 Å². The Morgan fingerprint density at radius 3 is 2.75 bits per heavy atom. The predicted octanol–water partition coefficient (Wildman–Crippen LogP) is 3.16. The van der Waals surface area contributed by atoms with Crippen molar-refractivity contribution in [2.75, 3.05) is 5.75 Å². The number of hydrogen-bond acceptors (Lipinski definition) is 2. The first-order valence-corrected chi connectivity index (χ1v) is 5.66. The Kier molecular flexibility index (Phi) is 3.14. The molecular formula is C9H14O2S. The molecule has 3 heteroatoms. The van der Waals surface area contributed by atoms with Crippen LogP contribution in [0.3, 0.4) is 0 Å². The third-order valence-electron chi connectivity index (χ3n) is 1.78. The maximum absolute atomic E-state index is 9.58. The molecular weight excluding hydrogens is 172 g/mol. The van der Waals surface area contributed by atoms with Crippen LogP contribution in [0.2, 0.25) is 0 Å². The molecule has 0 bridgehead atoms. The fourth-order valence-electron chi connectivity index (χ4n) is 0.986. The maximum atomic E-state index is 9.58. The summed E-state index contributed by atoms with van der Waals surface area (Å²) in [6.45, 7) is 1.79. The van der Waals surface area contributed by atoms with Gasteiger partial charge in [-0.1, -0.05) is 24.3 Å². The first kappa shape index (κ1) is 9.58. The second kappa shape index (κ2) is 3.94. The quantitative estimate of drug-likeness (QED) is 0.695. The molecule has 0 radical (unpaired) electrons. The van der Waals surface area contributed by atoms with E-state index in [4.69, 9.17) is 0 Å². The summed E-state index contributed by atoms with van der Waals surface area (Å²) in [7, 11) is -2.49. The highest BCUT2D eigenvalue weighted by Gasteiger charge is 2.14. The van der Waals surface area contributed by atoms with E-state index >= 15 is 0 Å². The predicted molar refractivity (Wildman–Crippen MR) is 54.4 cm³/mol. The lowest BCUT2D eigenvalue weighted by Crippen LogP contribution is -2.02. The zero-order valence-electron chi connectivity index (χ0n) is 7.10. The van der Waals surface area contributed by atoms with Gasteiger partial charge in [0.05, 0.1) is 0 Å². The molecule has 1 aliphatic rings. The summed E-state index contributed by atoms with van der Waals surface area (Å²) < 4.78 is 19.2. The monoisotopic (exact) mass is 186 g/mol. The molecule has 1 rings (SSSR count). The third kappa shape index (κ3) is 2.24. The Labute approximate surface area is 74.6 Å². The van der Waals surface area contributed by atoms with Gasteiger partial charge < -0.3 is 0 Å². The molecule has 2 nitrogen and oxygen atoms in total. The fourth-order valence-corrected chi connectivity index (χ4v) is 2.02. The Bertz CT molecular complexity index is 239. The van der Waals surface area contributed by atoms with Crippen LogP contribution in [0.15, 0.2) is 35.3 Å². The molecule has 1 aliphatic carbocycles. The molecule has 0 fully saturated rings. The van der Waals surface area contributed by atoms with Crippen molar-refractivity contribution in [3.63, 3.8) is 0 Å². The van der Waals surface area contributed by atoms with Crippen LogP contribution >= 0.6 is 10.6 Å². The van der Waals surface area contributed by atoms with Crippen molar-refractivity contribution in [3.05, 3.63) is 35.3 Å². The van der Waals surface area contributed by atoms with Gasteiger partial charge in [0.2, 0.25) is 0 Å². The molecule has 0 unspecified atom stereocenters. The van der Waals surface area contributed by atoms with Crippen molar-refractivity contribution in [2.24, 2.45) is 0 Å². The minimum Gasteiger partial charge on any atom is -0.295 e. The normalized spacial score (nSPS) is 18.8. The molecule has 12 heavy (non-hydrogen) atoms. The molecule has 0 saturated heterocycles. The van der Waals surface area contributed by atoms with E-state index in [0.717, 1.165) is 4.91 Å². The van der Waals surface area contributed by atoms with E-state index < -0.39 is 10.6 Å². The maximum Gasteiger partial charge on any atom is 0.0396 e. The largest absolute Gasteiger partial charge is 0.295 e. The first-order valence-electron chi connectivity index (χ1n) is 3.95. The molecule has 2 N–H and O–H groups in total. The number of allylic oxidation sites excluding steroid dienone is 6. The van der Waals surface area contributed by atoms with Crippen molar-refractivity contribution < 1.29 is 9.11 Å². The van der Waals surface area contributed by atoms with E-state index in [1.54, 1.807) is 13.0 Å². The second-order valence-electron chi connectivity index (χ2n) is 2.61. The fraction of sp³-hybridized carbons (Fsp3) is 0.333. The van der Waals surface area contributed by atoms with Gasteiger partial charge in [0.1, 0.15) is 0 Å². The van der Waals surface area contributed by atoms with E-state index in [0.29, 0.717) is 12.2 Å². The van der Waals surface area contributed by atoms with Gasteiger partial charge in [-0.15, -0.1) is 0 Å². The highest BCUT2D eigenvalue weighted by molar-refractivity contribution is 8.27. The number of hydrogen-bond donors (Lipinski definition) is 2. The summed E-state index contributed by atoms with van der Waals surface area (Å²) in [5.74, 6) is 0.403. The summed E-state index contributed by atoms with van der Waals surface area (Å²) >= 11 is 0. The molecule has 0 heterocycles. The first-order chi connectivity index (χ1) is 5.67. The Balaban J connectivity index is 2.81. The second-order valence-corrected chi connectivity index (χ2v) is 5.04. The Morgan fingerprint density at radius 1 is 1.33 bits per heavy atom. The molecule has 0 amide bonds. The molecule has 0 aliphatic heterocycles. The van der Waals surface area contributed by atoms with Crippen LogP contribution in [0.5, 0.6) is 0 Å². The Hall–Kier alpha value is -0.510. The van der Waals surface area contributed by atoms with Crippen LogP contribution in [0, 0.1) is 0 Å². The van der Waals surface area contributed by atoms with Gasteiger partial charge in [0.15, 0.2) is 0 Å². The van der Waals surface area contributed by atoms with E-state index in [9.17, 15) is 9.11 Å². The summed E-state index contributed by atoms with van der Waals surface area (Å²) in [5.41, 5.74) is 0. The van der Waals surface area contributed by atoms with E-state index in [2.05, 4.69) is 0 Å². The standard InChI is InChI=1S/C9H14O2S/c1-2-12(10,11)9-7-5-3-4-6-8-9/h3-7,10-11H,2,8H2,1H3. The van der Waals surface area contributed by atoms with Crippen LogP contribution in [0.25, 0.3) is 0 Å². The molecule has 0 saturated carbocycles. The van der Waals surface area contributed by atoms with Crippen molar-refractivity contribution in [3.8, 4) is 0 Å². The van der Waals surface area contributed by atoms with Crippen LogP contribution in [0.1, 0.15) is 13.3 Å². The minimum absolute atomic E-state index is 0.403. The molecule has 0 aromatic carbocycles. The van der Waals surface area contributed by atoms with Gasteiger partial charge in [-0.05, 0) is 13.0 Å². The van der Waals surface area contributed by atoms with Crippen molar-refractivity contribution in [1.82, 2.24) is 0 Å². The zero-order valence-corrected chi connectivity index (χ0v) is 7.92. The van der Waals surface area contributed by atoms with Gasteiger partial charge in [-0.3, -0.25) is 9.11 Å². The van der Waals surface area contributed by atoms with Gasteiger partial charge in [-0.2, -0.15) is 10.6 Å². The third-order valence-corrected chi connectivity index (χ3v) is 3.73. The van der Waals surface area contributed by atoms with Gasteiger partial charge in [-0.25, -0.2) is 0 Å². The molecule has 0 aromatic rings. The van der Waals surface area contributed by atoms with E-state index in [1.165, 1.54) is 0 Å². The highest BCUT2D eigenvalue weighted by atomic mass is 32.3. The van der Waals surface area contributed by atoms with Gasteiger partial charge >= 0.3 is 0 Å². The summed E-state index contributed by atoms with van der Waals surface area (Å²) in [6, 6.07) is 0. The molecule has 68 valence electrons. The lowest BCUT2D eigenvalue weighted by molar-refractivity contribution is 0.496. The van der Waals surface area contributed by atoms with E-state index in [-0.39, 0.29) is 0 Å². The van der Waals surface area contributed by atoms with Crippen LogP contribution in [-0.4, -0.2) is 14.9 Å². The van der Waals surface area contributed by atoms with Crippen LogP contribution in [-0.2, 0) is 0 Å². The van der Waals surface area contributed by atoms with Crippen LogP contribution in [0.4, 0.5) is 0 Å². The average molecular weight is 186 g/mol. The summed E-state index contributed by atoms with van der Waals surface area (Å²) in [6.07, 6.45) is 10.00. The van der Waals surface area contributed by atoms with Gasteiger partial charge in [0, 0.05) is 17.1 Å². The topological polar surface area (TPSA) is 40.5 Å². The molecule has 0 atom stereocenters. The van der Waals surface area contributed by atoms with Crippen molar-refractivity contribution >= 4 is 10.6 Å². The zero-order chi connectivity index (χ0) is 9.03. The smallest absolute Gasteiger partial charge is 0.0396 e. The lowest BCUT2D eigenvalue weighted by atomic mass is 10.4. The molecule has 0 aromatic heterocycles.